The van der Waals surface area contributed by atoms with Crippen molar-refractivity contribution in [3.8, 4) is 0 Å². The molecule has 4 rings (SSSR count). The van der Waals surface area contributed by atoms with E-state index in [1.54, 1.807) is 6.21 Å². The summed E-state index contributed by atoms with van der Waals surface area (Å²) in [4.78, 5) is 16.7. The van der Waals surface area contributed by atoms with Gasteiger partial charge in [-0.15, -0.1) is 0 Å². The second kappa shape index (κ2) is 3.93. The molecule has 0 radical (unpaired) electrons. The average molecular weight is 283 g/mol. The van der Waals surface area contributed by atoms with Crippen molar-refractivity contribution < 1.29 is 4.79 Å². The highest BCUT2D eigenvalue weighted by atomic mass is 35.5. The summed E-state index contributed by atoms with van der Waals surface area (Å²) in [7, 11) is 0. The molecule has 1 aliphatic carbocycles. The number of halogens is 1. The third kappa shape index (κ3) is 1.36. The molecule has 98 valence electrons. The lowest BCUT2D eigenvalue weighted by molar-refractivity contribution is 0.0933. The molecule has 1 N–H and O–H groups in total. The van der Waals surface area contributed by atoms with Crippen LogP contribution in [0.3, 0.4) is 0 Å². The quantitative estimate of drug-likeness (QED) is 0.577. The number of amides is 1. The molecule has 1 atom stereocenters. The number of carbonyl (C=O) groups is 1. The Morgan fingerprint density at radius 3 is 2.90 bits per heavy atom. The molecule has 0 saturated carbocycles. The summed E-state index contributed by atoms with van der Waals surface area (Å²) in [5.74, 6) is -0.0819. The SMILES string of the molecule is O=C1NC23C=CCC=C2C=NC(Cl)=C3c2ccccc21. The Labute approximate surface area is 121 Å². The lowest BCUT2D eigenvalue weighted by Crippen LogP contribution is -2.54. The Hall–Kier alpha value is -2.13. The summed E-state index contributed by atoms with van der Waals surface area (Å²) in [6.45, 7) is 0. The molecule has 0 aromatic heterocycles. The van der Waals surface area contributed by atoms with Crippen LogP contribution in [0.5, 0.6) is 0 Å². The van der Waals surface area contributed by atoms with Crippen LogP contribution in [0, 0.1) is 0 Å². The number of nitrogens with zero attached hydrogens (tertiary/aromatic N) is 1. The van der Waals surface area contributed by atoms with Crippen molar-refractivity contribution in [2.75, 3.05) is 0 Å². The van der Waals surface area contributed by atoms with Gasteiger partial charge in [-0.1, -0.05) is 48.0 Å². The normalized spacial score (nSPS) is 26.4. The Morgan fingerprint density at radius 2 is 2.05 bits per heavy atom. The summed E-state index contributed by atoms with van der Waals surface area (Å²) in [6, 6.07) is 7.50. The summed E-state index contributed by atoms with van der Waals surface area (Å²) in [5, 5.41) is 3.52. The molecule has 3 nitrogen and oxygen atoms in total. The molecule has 1 aromatic carbocycles. The van der Waals surface area contributed by atoms with Gasteiger partial charge in [-0.25, -0.2) is 4.99 Å². The number of rotatable bonds is 0. The Bertz CT molecular complexity index is 757. The lowest BCUT2D eigenvalue weighted by atomic mass is 9.72. The fourth-order valence-electron chi connectivity index (χ4n) is 3.08. The molecule has 3 aliphatic rings. The van der Waals surface area contributed by atoms with Gasteiger partial charge in [-0.2, -0.15) is 0 Å². The van der Waals surface area contributed by atoms with E-state index in [0.29, 0.717) is 10.7 Å². The highest BCUT2D eigenvalue weighted by molar-refractivity contribution is 6.35. The molecule has 2 aliphatic heterocycles. The van der Waals surface area contributed by atoms with Crippen molar-refractivity contribution in [3.05, 3.63) is 64.3 Å². The van der Waals surface area contributed by atoms with E-state index >= 15 is 0 Å². The highest BCUT2D eigenvalue weighted by Gasteiger charge is 2.46. The topological polar surface area (TPSA) is 41.5 Å². The fourth-order valence-corrected chi connectivity index (χ4v) is 3.38. The predicted molar refractivity (Wildman–Crippen MR) is 79.7 cm³/mol. The summed E-state index contributed by atoms with van der Waals surface area (Å²) in [6.07, 6.45) is 8.70. The average Bonchev–Trinajstić information content (AvgIpc) is 2.46. The standard InChI is InChI=1S/C16H11ClN2O/c17-14-13-11-6-1-2-7-12(11)15(20)19-16(13)8-4-3-5-10(16)9-18-14/h1-2,4-9H,3H2,(H,19,20). The van der Waals surface area contributed by atoms with Crippen LogP contribution in [0.1, 0.15) is 22.3 Å². The van der Waals surface area contributed by atoms with Crippen molar-refractivity contribution in [1.29, 1.82) is 0 Å². The zero-order valence-electron chi connectivity index (χ0n) is 10.6. The molecule has 0 saturated heterocycles. The number of aliphatic imine (C=N–C) groups is 1. The minimum Gasteiger partial charge on any atom is -0.335 e. The van der Waals surface area contributed by atoms with E-state index in [4.69, 9.17) is 11.6 Å². The molecular formula is C16H11ClN2O. The molecule has 1 unspecified atom stereocenters. The Morgan fingerprint density at radius 1 is 1.25 bits per heavy atom. The van der Waals surface area contributed by atoms with Gasteiger partial charge in [-0.05, 0) is 18.1 Å². The third-order valence-electron chi connectivity index (χ3n) is 3.97. The van der Waals surface area contributed by atoms with E-state index in [1.807, 2.05) is 36.4 Å². The van der Waals surface area contributed by atoms with Gasteiger partial charge in [0.2, 0.25) is 0 Å². The Balaban J connectivity index is 2.08. The predicted octanol–water partition coefficient (Wildman–Crippen LogP) is 3.05. The first-order valence-electron chi connectivity index (χ1n) is 6.47. The van der Waals surface area contributed by atoms with E-state index in [2.05, 4.69) is 16.4 Å². The maximum atomic E-state index is 12.4. The fraction of sp³-hybridized carbons (Fsp3) is 0.125. The van der Waals surface area contributed by atoms with Gasteiger partial charge in [0.25, 0.3) is 5.91 Å². The van der Waals surface area contributed by atoms with Crippen molar-refractivity contribution >= 4 is 29.3 Å². The highest BCUT2D eigenvalue weighted by Crippen LogP contribution is 2.46. The van der Waals surface area contributed by atoms with Gasteiger partial charge in [0.05, 0.1) is 0 Å². The largest absolute Gasteiger partial charge is 0.335 e. The number of allylic oxidation sites excluding steroid dienone is 2. The summed E-state index contributed by atoms with van der Waals surface area (Å²) in [5.41, 5.74) is 2.67. The zero-order valence-corrected chi connectivity index (χ0v) is 11.3. The second-order valence-electron chi connectivity index (χ2n) is 5.03. The van der Waals surface area contributed by atoms with Crippen LogP contribution < -0.4 is 5.32 Å². The Kier molecular flexibility index (Phi) is 2.30. The summed E-state index contributed by atoms with van der Waals surface area (Å²) >= 11 is 6.35. The van der Waals surface area contributed by atoms with E-state index < -0.39 is 5.54 Å². The van der Waals surface area contributed by atoms with E-state index in [-0.39, 0.29) is 5.91 Å². The van der Waals surface area contributed by atoms with Crippen molar-refractivity contribution in [3.63, 3.8) is 0 Å². The van der Waals surface area contributed by atoms with E-state index in [9.17, 15) is 4.79 Å². The molecular weight excluding hydrogens is 272 g/mol. The molecule has 0 fully saturated rings. The maximum absolute atomic E-state index is 12.4. The molecule has 2 heterocycles. The van der Waals surface area contributed by atoms with Gasteiger partial charge in [-0.3, -0.25) is 4.79 Å². The second-order valence-corrected chi connectivity index (χ2v) is 5.39. The number of fused-ring (bicyclic) bond motifs is 2. The molecule has 0 bridgehead atoms. The zero-order chi connectivity index (χ0) is 13.7. The van der Waals surface area contributed by atoms with Crippen molar-refractivity contribution in [1.82, 2.24) is 5.32 Å². The molecule has 1 aromatic rings. The smallest absolute Gasteiger partial charge is 0.253 e. The first-order valence-corrected chi connectivity index (χ1v) is 6.85. The minimum atomic E-state index is -0.664. The van der Waals surface area contributed by atoms with Crippen LogP contribution >= 0.6 is 11.6 Å². The van der Waals surface area contributed by atoms with Gasteiger partial charge >= 0.3 is 0 Å². The molecule has 20 heavy (non-hydrogen) atoms. The molecule has 1 amide bonds. The lowest BCUT2D eigenvalue weighted by Gasteiger charge is -2.42. The number of carbonyl (C=O) groups excluding carboxylic acids is 1. The number of benzene rings is 1. The number of hydrogen-bond donors (Lipinski definition) is 1. The van der Waals surface area contributed by atoms with Gasteiger partial charge in [0.1, 0.15) is 10.7 Å². The van der Waals surface area contributed by atoms with Crippen LogP contribution in [0.15, 0.2) is 58.2 Å². The minimum absolute atomic E-state index is 0.0819. The van der Waals surface area contributed by atoms with Crippen LogP contribution in [-0.4, -0.2) is 17.7 Å². The van der Waals surface area contributed by atoms with Crippen LogP contribution in [0.4, 0.5) is 0 Å². The van der Waals surface area contributed by atoms with E-state index in [1.165, 1.54) is 0 Å². The monoisotopic (exact) mass is 282 g/mol. The van der Waals surface area contributed by atoms with Crippen molar-refractivity contribution in [2.24, 2.45) is 4.99 Å². The van der Waals surface area contributed by atoms with E-state index in [0.717, 1.165) is 23.1 Å². The maximum Gasteiger partial charge on any atom is 0.253 e. The molecule has 1 spiro atoms. The van der Waals surface area contributed by atoms with Gasteiger partial charge < -0.3 is 5.32 Å². The molecule has 4 heteroatoms. The van der Waals surface area contributed by atoms with Gasteiger partial charge in [0, 0.05) is 22.9 Å². The first-order chi connectivity index (χ1) is 9.72. The number of nitrogens with one attached hydrogen (secondary N) is 1. The third-order valence-corrected chi connectivity index (χ3v) is 4.25. The first kappa shape index (κ1) is 11.7. The van der Waals surface area contributed by atoms with Crippen LogP contribution in [-0.2, 0) is 0 Å². The van der Waals surface area contributed by atoms with Gasteiger partial charge in [0.15, 0.2) is 0 Å². The van der Waals surface area contributed by atoms with Crippen LogP contribution in [0.2, 0.25) is 0 Å². The summed E-state index contributed by atoms with van der Waals surface area (Å²) < 4.78 is 0. The van der Waals surface area contributed by atoms with Crippen LogP contribution in [0.25, 0.3) is 5.57 Å². The number of hydrogen-bond acceptors (Lipinski definition) is 2. The van der Waals surface area contributed by atoms with Crippen molar-refractivity contribution in [2.45, 2.75) is 12.0 Å².